The fourth-order valence-electron chi connectivity index (χ4n) is 7.89. The van der Waals surface area contributed by atoms with Gasteiger partial charge in [-0.2, -0.15) is 0 Å². The van der Waals surface area contributed by atoms with Crippen molar-refractivity contribution >= 4 is 76.8 Å². The molecule has 0 aromatic heterocycles. The van der Waals surface area contributed by atoms with Gasteiger partial charge in [0.2, 0.25) is 0 Å². The zero-order valence-electron chi connectivity index (χ0n) is 27.5. The Bertz CT molecular complexity index is 2670. The van der Waals surface area contributed by atoms with E-state index in [0.717, 1.165) is 0 Å². The van der Waals surface area contributed by atoms with E-state index >= 15 is 0 Å². The Hall–Kier alpha value is -6.50. The van der Waals surface area contributed by atoms with Crippen molar-refractivity contribution in [3.05, 3.63) is 193 Å². The lowest BCUT2D eigenvalue weighted by molar-refractivity contribution is 1.67. The molecule has 10 aromatic rings. The summed E-state index contributed by atoms with van der Waals surface area (Å²) in [6.45, 7) is 0. The van der Waals surface area contributed by atoms with E-state index in [0.29, 0.717) is 0 Å². The Labute approximate surface area is 291 Å². The third kappa shape index (κ3) is 4.85. The molecule has 0 spiro atoms. The fourth-order valence-corrected chi connectivity index (χ4v) is 7.89. The minimum Gasteiger partial charge on any atom is -0.0616 e. The topological polar surface area (TPSA) is 0 Å². The first-order valence-corrected chi connectivity index (χ1v) is 17.3. The van der Waals surface area contributed by atoms with Gasteiger partial charge in [-0.1, -0.05) is 158 Å². The van der Waals surface area contributed by atoms with Gasteiger partial charge in [-0.05, 0) is 134 Å². The van der Waals surface area contributed by atoms with Gasteiger partial charge in [0.25, 0.3) is 0 Å². The van der Waals surface area contributed by atoms with Crippen LogP contribution in [0.5, 0.6) is 0 Å². The van der Waals surface area contributed by atoms with E-state index in [1.807, 2.05) is 0 Å². The molecule has 0 saturated heterocycles. The van der Waals surface area contributed by atoms with Crippen LogP contribution in [0, 0.1) is 0 Å². The largest absolute Gasteiger partial charge is 0.0616 e. The maximum atomic E-state index is 2.34. The molecule has 0 saturated carbocycles. The van der Waals surface area contributed by atoms with Crippen LogP contribution in [-0.4, -0.2) is 0 Å². The SMILES string of the molecule is C(=C\c1ccc2cc(-c3c4ccccc4cc4ccccc34)ccc2c1)/c1ccc2cc(-c3c4ccccc4cc4ccccc34)ccc2c1. The van der Waals surface area contributed by atoms with Crippen LogP contribution in [0.3, 0.4) is 0 Å². The molecule has 0 N–H and O–H groups in total. The van der Waals surface area contributed by atoms with Crippen LogP contribution < -0.4 is 0 Å². The van der Waals surface area contributed by atoms with E-state index < -0.39 is 0 Å². The molecule has 0 unspecified atom stereocenters. The van der Waals surface area contributed by atoms with E-state index in [2.05, 4.69) is 194 Å². The van der Waals surface area contributed by atoms with Crippen LogP contribution in [0.1, 0.15) is 11.1 Å². The van der Waals surface area contributed by atoms with Crippen LogP contribution in [0.4, 0.5) is 0 Å². The summed E-state index contributed by atoms with van der Waals surface area (Å²) in [5, 5.41) is 15.2. The van der Waals surface area contributed by atoms with Crippen LogP contribution in [-0.2, 0) is 0 Å². The number of rotatable bonds is 4. The van der Waals surface area contributed by atoms with E-state index in [-0.39, 0.29) is 0 Å². The highest BCUT2D eigenvalue weighted by molar-refractivity contribution is 6.14. The lowest BCUT2D eigenvalue weighted by Gasteiger charge is -2.13. The predicted octanol–water partition coefficient (Wildman–Crippen LogP) is 14.1. The number of fused-ring (bicyclic) bond motifs is 6. The standard InChI is InChI=1S/C50H32/c1-5-13-45-39(9-1)31-40-10-2-6-14-46(40)49(45)43-25-23-35-27-33(19-21-37(35)29-43)17-18-34-20-22-38-30-44(26-24-36(38)28-34)50-47-15-7-3-11-41(47)32-42-12-4-8-16-48(42)50/h1-32H/b18-17+. The van der Waals surface area contributed by atoms with Gasteiger partial charge < -0.3 is 0 Å². The van der Waals surface area contributed by atoms with Gasteiger partial charge in [0.15, 0.2) is 0 Å². The summed E-state index contributed by atoms with van der Waals surface area (Å²) in [4.78, 5) is 0. The quantitative estimate of drug-likeness (QED) is 0.134. The third-order valence-electron chi connectivity index (χ3n) is 10.3. The van der Waals surface area contributed by atoms with Crippen molar-refractivity contribution in [3.63, 3.8) is 0 Å². The fraction of sp³-hybridized carbons (Fsp3) is 0. The highest BCUT2D eigenvalue weighted by Gasteiger charge is 2.12. The molecule has 0 atom stereocenters. The van der Waals surface area contributed by atoms with Crippen LogP contribution >= 0.6 is 0 Å². The molecule has 0 aliphatic carbocycles. The maximum absolute atomic E-state index is 2.34. The average Bonchev–Trinajstić information content (AvgIpc) is 3.17. The second-order valence-electron chi connectivity index (χ2n) is 13.4. The first-order chi connectivity index (χ1) is 24.7. The zero-order valence-corrected chi connectivity index (χ0v) is 27.5. The van der Waals surface area contributed by atoms with Gasteiger partial charge in [0.05, 0.1) is 0 Å². The molecule has 0 bridgehead atoms. The lowest BCUT2D eigenvalue weighted by Crippen LogP contribution is -1.86. The van der Waals surface area contributed by atoms with Crippen molar-refractivity contribution < 1.29 is 0 Å². The van der Waals surface area contributed by atoms with Crippen molar-refractivity contribution in [2.24, 2.45) is 0 Å². The number of hydrogen-bond donors (Lipinski definition) is 0. The highest BCUT2D eigenvalue weighted by atomic mass is 14.2. The summed E-state index contributed by atoms with van der Waals surface area (Å²) in [5.74, 6) is 0. The van der Waals surface area contributed by atoms with E-state index in [4.69, 9.17) is 0 Å². The lowest BCUT2D eigenvalue weighted by atomic mass is 9.91. The van der Waals surface area contributed by atoms with Gasteiger partial charge in [0.1, 0.15) is 0 Å². The Morgan fingerprint density at radius 3 is 0.940 bits per heavy atom. The van der Waals surface area contributed by atoms with Gasteiger partial charge in [-0.3, -0.25) is 0 Å². The van der Waals surface area contributed by atoms with Gasteiger partial charge in [0, 0.05) is 0 Å². The first-order valence-electron chi connectivity index (χ1n) is 17.3. The zero-order chi connectivity index (χ0) is 33.0. The normalized spacial score (nSPS) is 11.9. The molecule has 10 aromatic carbocycles. The van der Waals surface area contributed by atoms with Crippen LogP contribution in [0.2, 0.25) is 0 Å². The van der Waals surface area contributed by atoms with Gasteiger partial charge >= 0.3 is 0 Å². The van der Waals surface area contributed by atoms with Crippen molar-refractivity contribution in [2.45, 2.75) is 0 Å². The molecular weight excluding hydrogens is 601 g/mol. The van der Waals surface area contributed by atoms with E-state index in [1.165, 1.54) is 98.0 Å². The van der Waals surface area contributed by atoms with Gasteiger partial charge in [-0.25, -0.2) is 0 Å². The minimum absolute atomic E-state index is 1.19. The Morgan fingerprint density at radius 1 is 0.240 bits per heavy atom. The summed E-state index contributed by atoms with van der Waals surface area (Å²) in [7, 11) is 0. The predicted molar refractivity (Wildman–Crippen MR) is 218 cm³/mol. The molecule has 0 nitrogen and oxygen atoms in total. The second kappa shape index (κ2) is 11.6. The summed E-state index contributed by atoms with van der Waals surface area (Å²) >= 11 is 0. The van der Waals surface area contributed by atoms with Gasteiger partial charge in [-0.15, -0.1) is 0 Å². The van der Waals surface area contributed by atoms with Crippen LogP contribution in [0.15, 0.2) is 182 Å². The smallest absolute Gasteiger partial charge is 0.00266 e. The Kier molecular flexibility index (Phi) is 6.60. The number of benzene rings is 10. The van der Waals surface area contributed by atoms with Crippen molar-refractivity contribution in [2.75, 3.05) is 0 Å². The first kappa shape index (κ1) is 28.5. The average molecular weight is 633 g/mol. The second-order valence-corrected chi connectivity index (χ2v) is 13.4. The Balaban J connectivity index is 0.973. The molecule has 10 rings (SSSR count). The molecule has 0 fully saturated rings. The monoisotopic (exact) mass is 632 g/mol. The van der Waals surface area contributed by atoms with Crippen molar-refractivity contribution in [1.82, 2.24) is 0 Å². The van der Waals surface area contributed by atoms with Crippen molar-refractivity contribution in [1.29, 1.82) is 0 Å². The highest BCUT2D eigenvalue weighted by Crippen LogP contribution is 2.39. The molecule has 0 radical (unpaired) electrons. The Morgan fingerprint density at radius 2 is 0.560 bits per heavy atom. The van der Waals surface area contributed by atoms with E-state index in [1.54, 1.807) is 0 Å². The summed E-state index contributed by atoms with van der Waals surface area (Å²) in [6.07, 6.45) is 4.45. The molecular formula is C50H32. The summed E-state index contributed by atoms with van der Waals surface area (Å²) < 4.78 is 0. The molecule has 0 aliphatic heterocycles. The molecule has 232 valence electrons. The van der Waals surface area contributed by atoms with Crippen LogP contribution in [0.25, 0.3) is 99.0 Å². The molecule has 50 heavy (non-hydrogen) atoms. The maximum Gasteiger partial charge on any atom is -0.00266 e. The van der Waals surface area contributed by atoms with Crippen molar-refractivity contribution in [3.8, 4) is 22.3 Å². The molecule has 0 aliphatic rings. The molecule has 0 heteroatoms. The van der Waals surface area contributed by atoms with E-state index in [9.17, 15) is 0 Å². The third-order valence-corrected chi connectivity index (χ3v) is 10.3. The minimum atomic E-state index is 1.19. The summed E-state index contributed by atoms with van der Waals surface area (Å²) in [6, 6.07) is 66.8. The number of hydrogen-bond acceptors (Lipinski definition) is 0. The molecule has 0 heterocycles. The molecule has 0 amide bonds. The summed E-state index contributed by atoms with van der Waals surface area (Å²) in [5.41, 5.74) is 7.50.